The highest BCUT2D eigenvalue weighted by molar-refractivity contribution is 9.10. The van der Waals surface area contributed by atoms with Crippen LogP contribution >= 0.6 is 15.9 Å². The van der Waals surface area contributed by atoms with E-state index >= 15 is 0 Å². The summed E-state index contributed by atoms with van der Waals surface area (Å²) in [6.45, 7) is 1.82. The van der Waals surface area contributed by atoms with E-state index in [1.807, 2.05) is 37.3 Å². The summed E-state index contributed by atoms with van der Waals surface area (Å²) in [4.78, 5) is 16.3. The predicted molar refractivity (Wildman–Crippen MR) is 95.2 cm³/mol. The number of aryl methyl sites for hydroxylation is 1. The SMILES string of the molecule is Cc1cc(Nc2ccc(NC(=O)Cc3cccc(Br)c3)nc2)no1. The lowest BCUT2D eigenvalue weighted by Gasteiger charge is -2.06. The Morgan fingerprint density at radius 1 is 1.21 bits per heavy atom. The van der Waals surface area contributed by atoms with Crippen molar-refractivity contribution in [3.8, 4) is 0 Å². The Morgan fingerprint density at radius 2 is 2.08 bits per heavy atom. The maximum atomic E-state index is 12.1. The molecule has 2 aromatic heterocycles. The van der Waals surface area contributed by atoms with Gasteiger partial charge in [0.05, 0.1) is 18.3 Å². The molecule has 2 N–H and O–H groups in total. The number of carbonyl (C=O) groups excluding carboxylic acids is 1. The number of hydrogen-bond acceptors (Lipinski definition) is 5. The molecule has 24 heavy (non-hydrogen) atoms. The van der Waals surface area contributed by atoms with Crippen molar-refractivity contribution in [2.75, 3.05) is 10.6 Å². The molecule has 0 aliphatic heterocycles. The summed E-state index contributed by atoms with van der Waals surface area (Å²) < 4.78 is 5.93. The molecular weight excluding hydrogens is 372 g/mol. The van der Waals surface area contributed by atoms with Crippen molar-refractivity contribution < 1.29 is 9.32 Å². The minimum atomic E-state index is -0.117. The zero-order chi connectivity index (χ0) is 16.9. The first kappa shape index (κ1) is 16.2. The van der Waals surface area contributed by atoms with Gasteiger partial charge in [-0.3, -0.25) is 4.79 Å². The normalized spacial score (nSPS) is 10.4. The number of pyridine rings is 1. The molecule has 2 heterocycles. The van der Waals surface area contributed by atoms with Crippen LogP contribution in [0.5, 0.6) is 0 Å². The number of carbonyl (C=O) groups is 1. The van der Waals surface area contributed by atoms with Crippen LogP contribution < -0.4 is 10.6 Å². The first-order valence-corrected chi connectivity index (χ1v) is 8.08. The highest BCUT2D eigenvalue weighted by Gasteiger charge is 2.06. The van der Waals surface area contributed by atoms with Crippen molar-refractivity contribution in [1.82, 2.24) is 10.1 Å². The Labute approximate surface area is 147 Å². The molecule has 0 fully saturated rings. The highest BCUT2D eigenvalue weighted by atomic mass is 79.9. The van der Waals surface area contributed by atoms with E-state index in [1.165, 1.54) is 0 Å². The Bertz CT molecular complexity index is 846. The number of hydrogen-bond donors (Lipinski definition) is 2. The Hall–Kier alpha value is -2.67. The second-order valence-electron chi connectivity index (χ2n) is 5.23. The first-order chi connectivity index (χ1) is 11.6. The number of rotatable bonds is 5. The van der Waals surface area contributed by atoms with Crippen LogP contribution in [0.3, 0.4) is 0 Å². The zero-order valence-corrected chi connectivity index (χ0v) is 14.5. The third-order valence-electron chi connectivity index (χ3n) is 3.19. The van der Waals surface area contributed by atoms with Crippen molar-refractivity contribution in [2.45, 2.75) is 13.3 Å². The second kappa shape index (κ2) is 7.27. The summed E-state index contributed by atoms with van der Waals surface area (Å²) in [5.74, 6) is 1.72. The number of anilines is 3. The lowest BCUT2D eigenvalue weighted by atomic mass is 10.1. The maximum Gasteiger partial charge on any atom is 0.229 e. The van der Waals surface area contributed by atoms with Gasteiger partial charge in [0.25, 0.3) is 0 Å². The molecule has 122 valence electrons. The van der Waals surface area contributed by atoms with Crippen LogP contribution in [0.1, 0.15) is 11.3 Å². The van der Waals surface area contributed by atoms with Crippen molar-refractivity contribution >= 4 is 39.2 Å². The third-order valence-corrected chi connectivity index (χ3v) is 3.68. The van der Waals surface area contributed by atoms with Crippen molar-refractivity contribution in [3.05, 3.63) is 64.5 Å². The summed E-state index contributed by atoms with van der Waals surface area (Å²) in [6, 6.07) is 13.0. The van der Waals surface area contributed by atoms with Crippen molar-refractivity contribution in [1.29, 1.82) is 0 Å². The smallest absolute Gasteiger partial charge is 0.229 e. The van der Waals surface area contributed by atoms with Crippen LogP contribution in [-0.4, -0.2) is 16.0 Å². The molecule has 0 radical (unpaired) electrons. The van der Waals surface area contributed by atoms with E-state index in [0.717, 1.165) is 21.5 Å². The number of nitrogens with zero attached hydrogens (tertiary/aromatic N) is 2. The zero-order valence-electron chi connectivity index (χ0n) is 12.9. The molecule has 0 saturated heterocycles. The van der Waals surface area contributed by atoms with Gasteiger partial charge in [-0.15, -0.1) is 0 Å². The summed E-state index contributed by atoms with van der Waals surface area (Å²) >= 11 is 3.39. The highest BCUT2D eigenvalue weighted by Crippen LogP contribution is 2.17. The first-order valence-electron chi connectivity index (χ1n) is 7.29. The summed E-state index contributed by atoms with van der Waals surface area (Å²) in [6.07, 6.45) is 1.91. The van der Waals surface area contributed by atoms with E-state index in [1.54, 1.807) is 18.3 Å². The number of amides is 1. The van der Waals surface area contributed by atoms with Gasteiger partial charge in [-0.1, -0.05) is 33.2 Å². The average Bonchev–Trinajstić information content (AvgIpc) is 2.94. The third kappa shape index (κ3) is 4.42. The fourth-order valence-electron chi connectivity index (χ4n) is 2.13. The summed E-state index contributed by atoms with van der Waals surface area (Å²) in [5, 5.41) is 9.69. The van der Waals surface area contributed by atoms with Gasteiger partial charge in [0.2, 0.25) is 5.91 Å². The van der Waals surface area contributed by atoms with Gasteiger partial charge < -0.3 is 15.2 Å². The summed E-state index contributed by atoms with van der Waals surface area (Å²) in [7, 11) is 0. The van der Waals surface area contributed by atoms with Gasteiger partial charge >= 0.3 is 0 Å². The number of benzene rings is 1. The van der Waals surface area contributed by atoms with Crippen LogP contribution in [-0.2, 0) is 11.2 Å². The maximum absolute atomic E-state index is 12.1. The van der Waals surface area contributed by atoms with E-state index in [4.69, 9.17) is 4.52 Å². The van der Waals surface area contributed by atoms with Gasteiger partial charge in [-0.2, -0.15) is 0 Å². The van der Waals surface area contributed by atoms with Gasteiger partial charge in [0.1, 0.15) is 11.6 Å². The van der Waals surface area contributed by atoms with Crippen LogP contribution in [0.15, 0.2) is 57.7 Å². The second-order valence-corrected chi connectivity index (χ2v) is 6.15. The number of aromatic nitrogens is 2. The molecule has 0 unspecified atom stereocenters. The molecule has 0 bridgehead atoms. The van der Waals surface area contributed by atoms with Crippen LogP contribution in [0.25, 0.3) is 0 Å². The van der Waals surface area contributed by atoms with E-state index < -0.39 is 0 Å². The molecule has 1 aromatic carbocycles. The quantitative estimate of drug-likeness (QED) is 0.690. The van der Waals surface area contributed by atoms with Gasteiger partial charge in [-0.05, 0) is 36.8 Å². The molecule has 0 aliphatic carbocycles. The van der Waals surface area contributed by atoms with Crippen molar-refractivity contribution in [3.63, 3.8) is 0 Å². The number of halogens is 1. The van der Waals surface area contributed by atoms with Crippen LogP contribution in [0.4, 0.5) is 17.3 Å². The lowest BCUT2D eigenvalue weighted by molar-refractivity contribution is -0.115. The van der Waals surface area contributed by atoms with Crippen LogP contribution in [0, 0.1) is 6.92 Å². The standard InChI is InChI=1S/C17H15BrN4O2/c1-11-7-16(22-24-11)20-14-5-6-15(19-10-14)21-17(23)9-12-3-2-4-13(18)8-12/h2-8,10H,9H2,1H3,(H,20,22)(H,19,21,23). The molecule has 1 amide bonds. The molecule has 3 rings (SSSR count). The minimum absolute atomic E-state index is 0.117. The topological polar surface area (TPSA) is 80.0 Å². The molecule has 0 atom stereocenters. The molecule has 0 spiro atoms. The summed E-state index contributed by atoms with van der Waals surface area (Å²) in [5.41, 5.74) is 1.69. The Morgan fingerprint density at radius 3 is 2.75 bits per heavy atom. The molecular formula is C17H15BrN4O2. The number of nitrogens with one attached hydrogen (secondary N) is 2. The van der Waals surface area contributed by atoms with E-state index in [2.05, 4.69) is 36.7 Å². The molecule has 7 heteroatoms. The predicted octanol–water partition coefficient (Wildman–Crippen LogP) is 4.07. The largest absolute Gasteiger partial charge is 0.360 e. The minimum Gasteiger partial charge on any atom is -0.360 e. The van der Waals surface area contributed by atoms with E-state index in [0.29, 0.717) is 18.1 Å². The van der Waals surface area contributed by atoms with E-state index in [-0.39, 0.29) is 5.91 Å². The molecule has 0 aliphatic rings. The molecule has 6 nitrogen and oxygen atoms in total. The van der Waals surface area contributed by atoms with E-state index in [9.17, 15) is 4.79 Å². The van der Waals surface area contributed by atoms with Gasteiger partial charge in [-0.25, -0.2) is 4.98 Å². The van der Waals surface area contributed by atoms with Crippen LogP contribution in [0.2, 0.25) is 0 Å². The van der Waals surface area contributed by atoms with Gasteiger partial charge in [0.15, 0.2) is 5.82 Å². The van der Waals surface area contributed by atoms with Gasteiger partial charge in [0, 0.05) is 10.5 Å². The Balaban J connectivity index is 1.58. The fourth-order valence-corrected chi connectivity index (χ4v) is 2.58. The Kier molecular flexibility index (Phi) is 4.90. The molecule has 3 aromatic rings. The molecule has 0 saturated carbocycles. The lowest BCUT2D eigenvalue weighted by Crippen LogP contribution is -2.15. The van der Waals surface area contributed by atoms with Crippen molar-refractivity contribution in [2.24, 2.45) is 0 Å². The fraction of sp³-hybridized carbons (Fsp3) is 0.118. The average molecular weight is 387 g/mol. The monoisotopic (exact) mass is 386 g/mol.